The predicted octanol–water partition coefficient (Wildman–Crippen LogP) is 1.69. The second-order valence-corrected chi connectivity index (χ2v) is 3.95. The molecule has 2 N–H and O–H groups in total. The fourth-order valence-corrected chi connectivity index (χ4v) is 1.49. The number of carbonyl (C=O) groups is 1. The van der Waals surface area contributed by atoms with Crippen molar-refractivity contribution in [2.45, 2.75) is 18.4 Å². The molecule has 0 aliphatic rings. The highest BCUT2D eigenvalue weighted by Gasteiger charge is 2.06. The minimum Gasteiger partial charge on any atom is -0.392 e. The summed E-state index contributed by atoms with van der Waals surface area (Å²) in [6.45, 7) is 1.91. The van der Waals surface area contributed by atoms with E-state index in [1.165, 1.54) is 0 Å². The van der Waals surface area contributed by atoms with Gasteiger partial charge in [-0.1, -0.05) is 28.1 Å². The number of benzene rings is 1. The van der Waals surface area contributed by atoms with Crippen molar-refractivity contribution < 1.29 is 9.90 Å². The molecule has 82 valence electrons. The summed E-state index contributed by atoms with van der Waals surface area (Å²) in [6, 6.07) is 7.36. The van der Waals surface area contributed by atoms with Crippen molar-refractivity contribution >= 4 is 21.8 Å². The van der Waals surface area contributed by atoms with Gasteiger partial charge >= 0.3 is 0 Å². The van der Waals surface area contributed by atoms with Crippen molar-refractivity contribution in [2.24, 2.45) is 0 Å². The van der Waals surface area contributed by atoms with E-state index >= 15 is 0 Å². The number of nitrogens with one attached hydrogen (secondary N) is 1. The minimum atomic E-state index is -0.520. The van der Waals surface area contributed by atoms with E-state index in [-0.39, 0.29) is 12.5 Å². The van der Waals surface area contributed by atoms with Crippen LogP contribution in [0.2, 0.25) is 0 Å². The highest BCUT2D eigenvalue weighted by atomic mass is 79.9. The maximum Gasteiger partial charge on any atom is 0.251 e. The lowest BCUT2D eigenvalue weighted by atomic mass is 10.1. The molecule has 1 unspecified atom stereocenters. The monoisotopic (exact) mass is 271 g/mol. The van der Waals surface area contributed by atoms with Gasteiger partial charge in [-0.2, -0.15) is 0 Å². The van der Waals surface area contributed by atoms with Crippen LogP contribution in [0.1, 0.15) is 22.8 Å². The zero-order chi connectivity index (χ0) is 11.3. The summed E-state index contributed by atoms with van der Waals surface area (Å²) in [5.41, 5.74) is 1.67. The highest BCUT2D eigenvalue weighted by Crippen LogP contribution is 2.08. The van der Waals surface area contributed by atoms with Gasteiger partial charge in [-0.3, -0.25) is 4.79 Å². The van der Waals surface area contributed by atoms with Crippen LogP contribution in [0.3, 0.4) is 0 Å². The van der Waals surface area contributed by atoms with Crippen LogP contribution in [0.4, 0.5) is 0 Å². The topological polar surface area (TPSA) is 49.3 Å². The molecule has 1 aromatic rings. The molecule has 0 fully saturated rings. The number of aliphatic hydroxyl groups is 1. The lowest BCUT2D eigenvalue weighted by Crippen LogP contribution is -2.30. The fourth-order valence-electron chi connectivity index (χ4n) is 1.14. The van der Waals surface area contributed by atoms with Crippen molar-refractivity contribution in [3.63, 3.8) is 0 Å². The van der Waals surface area contributed by atoms with Gasteiger partial charge in [-0.05, 0) is 24.6 Å². The normalized spacial score (nSPS) is 12.2. The van der Waals surface area contributed by atoms with Crippen molar-refractivity contribution in [3.05, 3.63) is 35.4 Å². The van der Waals surface area contributed by atoms with E-state index in [2.05, 4.69) is 21.2 Å². The fraction of sp³-hybridized carbons (Fsp3) is 0.364. The van der Waals surface area contributed by atoms with E-state index in [4.69, 9.17) is 5.11 Å². The zero-order valence-corrected chi connectivity index (χ0v) is 10.1. The second kappa shape index (κ2) is 5.88. The first kappa shape index (κ1) is 12.2. The Morgan fingerprint density at radius 3 is 2.93 bits per heavy atom. The van der Waals surface area contributed by atoms with Gasteiger partial charge in [0.15, 0.2) is 0 Å². The molecule has 1 atom stereocenters. The molecule has 1 amide bonds. The number of hydrogen-bond donors (Lipinski definition) is 2. The van der Waals surface area contributed by atoms with E-state index in [0.717, 1.165) is 10.9 Å². The van der Waals surface area contributed by atoms with Gasteiger partial charge in [0.05, 0.1) is 6.10 Å². The molecule has 1 aromatic carbocycles. The lowest BCUT2D eigenvalue weighted by molar-refractivity contribution is 0.0924. The Bertz CT molecular complexity index is 339. The number of alkyl halides is 1. The molecule has 0 saturated heterocycles. The number of hydrogen-bond acceptors (Lipinski definition) is 2. The van der Waals surface area contributed by atoms with Crippen molar-refractivity contribution in [3.8, 4) is 0 Å². The number of aliphatic hydroxyl groups excluding tert-OH is 1. The summed E-state index contributed by atoms with van der Waals surface area (Å²) in [4.78, 5) is 11.6. The smallest absolute Gasteiger partial charge is 0.251 e. The van der Waals surface area contributed by atoms with Gasteiger partial charge in [-0.15, -0.1) is 0 Å². The average molecular weight is 272 g/mol. The lowest BCUT2D eigenvalue weighted by Gasteiger charge is -2.07. The Morgan fingerprint density at radius 1 is 1.60 bits per heavy atom. The SMILES string of the molecule is CC(O)CNC(=O)c1cccc(CBr)c1. The minimum absolute atomic E-state index is 0.154. The van der Waals surface area contributed by atoms with Gasteiger partial charge in [0.2, 0.25) is 0 Å². The first-order valence-electron chi connectivity index (χ1n) is 4.74. The summed E-state index contributed by atoms with van der Waals surface area (Å²) >= 11 is 3.33. The molecule has 4 heteroatoms. The molecule has 1 rings (SSSR count). The van der Waals surface area contributed by atoms with E-state index in [1.807, 2.05) is 18.2 Å². The molecule has 0 heterocycles. The molecular formula is C11H14BrNO2. The molecule has 0 bridgehead atoms. The summed E-state index contributed by atoms with van der Waals surface area (Å²) in [7, 11) is 0. The standard InChI is InChI=1S/C11H14BrNO2/c1-8(14)7-13-11(15)10-4-2-3-9(5-10)6-12/h2-5,8,14H,6-7H2,1H3,(H,13,15). The van der Waals surface area contributed by atoms with Gasteiger partial charge in [-0.25, -0.2) is 0 Å². The molecule has 0 spiro atoms. The quantitative estimate of drug-likeness (QED) is 0.819. The zero-order valence-electron chi connectivity index (χ0n) is 8.53. The Kier molecular flexibility index (Phi) is 4.78. The van der Waals surface area contributed by atoms with Gasteiger partial charge < -0.3 is 10.4 Å². The van der Waals surface area contributed by atoms with E-state index in [9.17, 15) is 4.79 Å². The predicted molar refractivity (Wildman–Crippen MR) is 63.1 cm³/mol. The third-order valence-corrected chi connectivity index (χ3v) is 2.55. The Balaban J connectivity index is 2.65. The molecule has 15 heavy (non-hydrogen) atoms. The molecule has 0 aromatic heterocycles. The van der Waals surface area contributed by atoms with Crippen LogP contribution in [0.25, 0.3) is 0 Å². The summed E-state index contributed by atoms with van der Waals surface area (Å²) in [5.74, 6) is -0.154. The van der Waals surface area contributed by atoms with Crippen LogP contribution in [0, 0.1) is 0 Å². The van der Waals surface area contributed by atoms with E-state index < -0.39 is 6.10 Å². The summed E-state index contributed by atoms with van der Waals surface area (Å²) in [6.07, 6.45) is -0.520. The largest absolute Gasteiger partial charge is 0.392 e. The van der Waals surface area contributed by atoms with Crippen molar-refractivity contribution in [2.75, 3.05) is 6.54 Å². The third-order valence-electron chi connectivity index (χ3n) is 1.90. The first-order valence-corrected chi connectivity index (χ1v) is 5.87. The van der Waals surface area contributed by atoms with Crippen LogP contribution in [-0.2, 0) is 5.33 Å². The van der Waals surface area contributed by atoms with Gasteiger partial charge in [0, 0.05) is 17.4 Å². The number of rotatable bonds is 4. The molecule has 0 saturated carbocycles. The van der Waals surface area contributed by atoms with E-state index in [1.54, 1.807) is 13.0 Å². The third kappa shape index (κ3) is 4.01. The van der Waals surface area contributed by atoms with E-state index in [0.29, 0.717) is 5.56 Å². The van der Waals surface area contributed by atoms with Crippen LogP contribution in [0.5, 0.6) is 0 Å². The van der Waals surface area contributed by atoms with Crippen LogP contribution in [0.15, 0.2) is 24.3 Å². The Labute approximate surface area is 97.6 Å². The average Bonchev–Trinajstić information content (AvgIpc) is 2.26. The van der Waals surface area contributed by atoms with Crippen LogP contribution in [-0.4, -0.2) is 23.7 Å². The van der Waals surface area contributed by atoms with Gasteiger partial charge in [0.25, 0.3) is 5.91 Å². The second-order valence-electron chi connectivity index (χ2n) is 3.39. The molecular weight excluding hydrogens is 258 g/mol. The molecule has 3 nitrogen and oxygen atoms in total. The van der Waals surface area contributed by atoms with Gasteiger partial charge in [0.1, 0.15) is 0 Å². The summed E-state index contributed by atoms with van der Waals surface area (Å²) in [5, 5.41) is 12.4. The number of amides is 1. The Hall–Kier alpha value is -0.870. The highest BCUT2D eigenvalue weighted by molar-refractivity contribution is 9.08. The number of carbonyl (C=O) groups excluding carboxylic acids is 1. The van der Waals surface area contributed by atoms with Crippen LogP contribution < -0.4 is 5.32 Å². The molecule has 0 aliphatic heterocycles. The van der Waals surface area contributed by atoms with Crippen molar-refractivity contribution in [1.29, 1.82) is 0 Å². The Morgan fingerprint density at radius 2 is 2.33 bits per heavy atom. The maximum atomic E-state index is 11.6. The maximum absolute atomic E-state index is 11.6. The number of halogens is 1. The molecule has 0 radical (unpaired) electrons. The van der Waals surface area contributed by atoms with Crippen LogP contribution >= 0.6 is 15.9 Å². The van der Waals surface area contributed by atoms with Crippen molar-refractivity contribution in [1.82, 2.24) is 5.32 Å². The first-order chi connectivity index (χ1) is 7.13. The summed E-state index contributed by atoms with van der Waals surface area (Å²) < 4.78 is 0. The molecule has 0 aliphatic carbocycles.